The van der Waals surface area contributed by atoms with Crippen LogP contribution in [0.3, 0.4) is 0 Å². The second-order valence-corrected chi connectivity index (χ2v) is 6.73. The number of thioether (sulfide) groups is 1. The fourth-order valence-corrected chi connectivity index (χ4v) is 2.90. The van der Waals surface area contributed by atoms with Gasteiger partial charge >= 0.3 is 0 Å². The first-order valence-electron chi connectivity index (χ1n) is 7.87. The molecular weight excluding hydrogens is 339 g/mol. The van der Waals surface area contributed by atoms with Crippen LogP contribution in [0.5, 0.6) is 0 Å². The van der Waals surface area contributed by atoms with Gasteiger partial charge in [-0.05, 0) is 25.1 Å². The molecule has 0 saturated carbocycles. The summed E-state index contributed by atoms with van der Waals surface area (Å²) in [6.45, 7) is 2.19. The Balaban J connectivity index is 1.73. The van der Waals surface area contributed by atoms with Crippen molar-refractivity contribution in [2.24, 2.45) is 0 Å². The summed E-state index contributed by atoms with van der Waals surface area (Å²) in [6, 6.07) is 13.9. The van der Waals surface area contributed by atoms with Crippen molar-refractivity contribution in [3.05, 3.63) is 65.5 Å². The molecule has 1 N–H and O–H groups in total. The number of rotatable bonds is 7. The van der Waals surface area contributed by atoms with Crippen LogP contribution in [0.25, 0.3) is 0 Å². The number of carbonyl (C=O) groups is 2. The molecular formula is C19H21FN2O2S. The molecule has 2 aromatic rings. The van der Waals surface area contributed by atoms with E-state index >= 15 is 0 Å². The average molecular weight is 360 g/mol. The van der Waals surface area contributed by atoms with Gasteiger partial charge in [-0.15, -0.1) is 11.8 Å². The first-order valence-corrected chi connectivity index (χ1v) is 9.03. The van der Waals surface area contributed by atoms with Gasteiger partial charge in [0.05, 0.1) is 11.5 Å². The smallest absolute Gasteiger partial charge is 0.234 e. The number of hydrogen-bond donors (Lipinski definition) is 1. The number of hydrogen-bond acceptors (Lipinski definition) is 3. The van der Waals surface area contributed by atoms with Crippen LogP contribution in [0.15, 0.2) is 48.5 Å². The molecule has 0 unspecified atom stereocenters. The third-order valence-corrected chi connectivity index (χ3v) is 4.50. The monoisotopic (exact) mass is 360 g/mol. The minimum absolute atomic E-state index is 0.142. The normalized spacial score (nSPS) is 10.4. The molecule has 6 heteroatoms. The Kier molecular flexibility index (Phi) is 7.01. The summed E-state index contributed by atoms with van der Waals surface area (Å²) in [5.41, 5.74) is 2.33. The molecule has 0 bridgehead atoms. The summed E-state index contributed by atoms with van der Waals surface area (Å²) in [6.07, 6.45) is 0. The van der Waals surface area contributed by atoms with E-state index in [2.05, 4.69) is 5.32 Å². The molecule has 4 nitrogen and oxygen atoms in total. The molecule has 132 valence electrons. The lowest BCUT2D eigenvalue weighted by Gasteiger charge is -2.17. The highest BCUT2D eigenvalue weighted by Gasteiger charge is 2.12. The predicted octanol–water partition coefficient (Wildman–Crippen LogP) is 3.46. The van der Waals surface area contributed by atoms with Gasteiger partial charge in [0.15, 0.2) is 0 Å². The number of halogens is 1. The summed E-state index contributed by atoms with van der Waals surface area (Å²) < 4.78 is 13.6. The standard InChI is InChI=1S/C19H21FN2O2S/c1-14-7-9-16(10-8-14)21-18(23)12-25-13-19(24)22(2)11-15-5-3-4-6-17(15)20/h3-10H,11-13H2,1-2H3,(H,21,23). The maximum absolute atomic E-state index is 13.6. The van der Waals surface area contributed by atoms with E-state index in [0.717, 1.165) is 11.3 Å². The van der Waals surface area contributed by atoms with E-state index in [1.54, 1.807) is 25.2 Å². The molecule has 0 spiro atoms. The lowest BCUT2D eigenvalue weighted by atomic mass is 10.2. The van der Waals surface area contributed by atoms with Crippen LogP contribution < -0.4 is 5.32 Å². The van der Waals surface area contributed by atoms with Crippen molar-refractivity contribution in [3.8, 4) is 0 Å². The Morgan fingerprint density at radius 1 is 1.08 bits per heavy atom. The van der Waals surface area contributed by atoms with Crippen molar-refractivity contribution >= 4 is 29.3 Å². The third-order valence-electron chi connectivity index (χ3n) is 3.59. The van der Waals surface area contributed by atoms with Crippen molar-refractivity contribution < 1.29 is 14.0 Å². The predicted molar refractivity (Wildman–Crippen MR) is 100 cm³/mol. The fourth-order valence-electron chi connectivity index (χ4n) is 2.15. The van der Waals surface area contributed by atoms with E-state index in [-0.39, 0.29) is 35.7 Å². The fraction of sp³-hybridized carbons (Fsp3) is 0.263. The Bertz CT molecular complexity index is 734. The van der Waals surface area contributed by atoms with Crippen molar-refractivity contribution in [1.29, 1.82) is 0 Å². The maximum Gasteiger partial charge on any atom is 0.234 e. The van der Waals surface area contributed by atoms with Gasteiger partial charge < -0.3 is 10.2 Å². The van der Waals surface area contributed by atoms with E-state index in [9.17, 15) is 14.0 Å². The van der Waals surface area contributed by atoms with Gasteiger partial charge in [-0.25, -0.2) is 4.39 Å². The molecule has 0 heterocycles. The van der Waals surface area contributed by atoms with E-state index in [1.807, 2.05) is 31.2 Å². The maximum atomic E-state index is 13.6. The van der Waals surface area contributed by atoms with Gasteiger partial charge in [-0.1, -0.05) is 35.9 Å². The topological polar surface area (TPSA) is 49.4 Å². The minimum atomic E-state index is -0.327. The molecule has 0 radical (unpaired) electrons. The van der Waals surface area contributed by atoms with Gasteiger partial charge in [0.2, 0.25) is 11.8 Å². The molecule has 25 heavy (non-hydrogen) atoms. The largest absolute Gasteiger partial charge is 0.341 e. The molecule has 0 aliphatic heterocycles. The molecule has 2 rings (SSSR count). The van der Waals surface area contributed by atoms with Gasteiger partial charge in [0.25, 0.3) is 0 Å². The van der Waals surface area contributed by atoms with E-state index in [4.69, 9.17) is 0 Å². The molecule has 0 aliphatic rings. The second-order valence-electron chi connectivity index (χ2n) is 5.75. The summed E-state index contributed by atoms with van der Waals surface area (Å²) >= 11 is 1.24. The third kappa shape index (κ3) is 6.23. The van der Waals surface area contributed by atoms with Crippen molar-refractivity contribution in [2.45, 2.75) is 13.5 Å². The lowest BCUT2D eigenvalue weighted by Crippen LogP contribution is -2.28. The summed E-state index contributed by atoms with van der Waals surface area (Å²) in [5.74, 6) is -0.263. The van der Waals surface area contributed by atoms with Gasteiger partial charge in [0, 0.05) is 24.8 Å². The van der Waals surface area contributed by atoms with E-state index < -0.39 is 0 Å². The van der Waals surface area contributed by atoms with Crippen LogP contribution in [-0.4, -0.2) is 35.3 Å². The number of nitrogens with zero attached hydrogens (tertiary/aromatic N) is 1. The molecule has 0 aliphatic carbocycles. The van der Waals surface area contributed by atoms with Crippen molar-refractivity contribution in [1.82, 2.24) is 4.90 Å². The zero-order valence-corrected chi connectivity index (χ0v) is 15.1. The molecule has 2 amide bonds. The van der Waals surface area contributed by atoms with E-state index in [1.165, 1.54) is 22.7 Å². The lowest BCUT2D eigenvalue weighted by molar-refractivity contribution is -0.127. The molecule has 0 fully saturated rings. The van der Waals surface area contributed by atoms with Gasteiger partial charge in [-0.2, -0.15) is 0 Å². The number of carbonyl (C=O) groups excluding carboxylic acids is 2. The molecule has 0 aromatic heterocycles. The Morgan fingerprint density at radius 3 is 2.44 bits per heavy atom. The van der Waals surface area contributed by atoms with Crippen LogP contribution in [0.1, 0.15) is 11.1 Å². The van der Waals surface area contributed by atoms with E-state index in [0.29, 0.717) is 5.56 Å². The van der Waals surface area contributed by atoms with Crippen LogP contribution in [0, 0.1) is 12.7 Å². The zero-order chi connectivity index (χ0) is 18.2. The molecule has 0 atom stereocenters. The van der Waals surface area contributed by atoms with Crippen LogP contribution in [-0.2, 0) is 16.1 Å². The van der Waals surface area contributed by atoms with Crippen LogP contribution >= 0.6 is 11.8 Å². The van der Waals surface area contributed by atoms with Crippen molar-refractivity contribution in [3.63, 3.8) is 0 Å². The molecule has 0 saturated heterocycles. The Labute approximate surface area is 151 Å². The second kappa shape index (κ2) is 9.22. The van der Waals surface area contributed by atoms with Crippen molar-refractivity contribution in [2.75, 3.05) is 23.9 Å². The average Bonchev–Trinajstić information content (AvgIpc) is 2.59. The number of aryl methyl sites for hydroxylation is 1. The quantitative estimate of drug-likeness (QED) is 0.823. The highest BCUT2D eigenvalue weighted by atomic mass is 32.2. The first-order chi connectivity index (χ1) is 12.0. The highest BCUT2D eigenvalue weighted by molar-refractivity contribution is 8.00. The van der Waals surface area contributed by atoms with Crippen LogP contribution in [0.2, 0.25) is 0 Å². The zero-order valence-electron chi connectivity index (χ0n) is 14.3. The highest BCUT2D eigenvalue weighted by Crippen LogP contribution is 2.12. The number of anilines is 1. The summed E-state index contributed by atoms with van der Waals surface area (Å²) in [5, 5.41) is 2.79. The van der Waals surface area contributed by atoms with Crippen LogP contribution in [0.4, 0.5) is 10.1 Å². The number of nitrogens with one attached hydrogen (secondary N) is 1. The SMILES string of the molecule is Cc1ccc(NC(=O)CSCC(=O)N(C)Cc2ccccc2F)cc1. The Hall–Kier alpha value is -2.34. The minimum Gasteiger partial charge on any atom is -0.341 e. The molecule has 2 aromatic carbocycles. The summed E-state index contributed by atoms with van der Waals surface area (Å²) in [7, 11) is 1.63. The number of amides is 2. The first kappa shape index (κ1) is 19.0. The van der Waals surface area contributed by atoms with Gasteiger partial charge in [-0.3, -0.25) is 9.59 Å². The summed E-state index contributed by atoms with van der Waals surface area (Å²) in [4.78, 5) is 25.4. The number of benzene rings is 2. The van der Waals surface area contributed by atoms with Gasteiger partial charge in [0.1, 0.15) is 5.82 Å². The Morgan fingerprint density at radius 2 is 1.76 bits per heavy atom.